The number of terminal acetylenes is 1. The Kier molecular flexibility index (Phi) is 8.44. The molecule has 12 heteroatoms. The summed E-state index contributed by atoms with van der Waals surface area (Å²) in [6.07, 6.45) is 9.36. The molecule has 0 aliphatic rings. The Labute approximate surface area is 201 Å². The third-order valence-corrected chi connectivity index (χ3v) is 5.03. The molecule has 180 valence electrons. The lowest BCUT2D eigenvalue weighted by atomic mass is 10.1. The van der Waals surface area contributed by atoms with Crippen molar-refractivity contribution in [2.24, 2.45) is 0 Å². The number of nitrogens with one attached hydrogen (secondary N) is 2. The van der Waals surface area contributed by atoms with Gasteiger partial charge in [0.15, 0.2) is 17.0 Å². The third kappa shape index (κ3) is 6.61. The lowest BCUT2D eigenvalue weighted by molar-refractivity contribution is -0.109. The number of carbonyl (C=O) groups is 3. The highest BCUT2D eigenvalue weighted by Gasteiger charge is 2.15. The minimum atomic E-state index is -0.646. The Hall–Kier alpha value is -4.79. The average Bonchev–Trinajstić information content (AvgIpc) is 2.86. The van der Waals surface area contributed by atoms with Gasteiger partial charge in [-0.2, -0.15) is 9.97 Å². The van der Waals surface area contributed by atoms with Crippen LogP contribution in [0, 0.1) is 12.3 Å². The molecule has 2 amide bonds. The molecule has 12 nitrogen and oxygen atoms in total. The summed E-state index contributed by atoms with van der Waals surface area (Å²) in [5.41, 5.74) is 13.9. The summed E-state index contributed by atoms with van der Waals surface area (Å²) in [7, 11) is 0. The highest BCUT2D eigenvalue weighted by Crippen LogP contribution is 2.20. The topological polar surface area (TPSA) is 182 Å². The maximum atomic E-state index is 12.5. The molecule has 0 saturated heterocycles. The van der Waals surface area contributed by atoms with Gasteiger partial charge in [-0.05, 0) is 37.1 Å². The number of fused-ring (bicyclic) bond motifs is 1. The van der Waals surface area contributed by atoms with Crippen LogP contribution < -0.4 is 27.0 Å². The lowest BCUT2D eigenvalue weighted by Crippen LogP contribution is -2.36. The molecule has 0 fully saturated rings. The SMILES string of the molecule is C#CCN(Cc1cnc2nc(N)nc(N)c2n1)c1ccc(C(=O)NC(C=O)CCCNC=O)cc1. The zero-order chi connectivity index (χ0) is 25.2. The van der Waals surface area contributed by atoms with Crippen LogP contribution in [0.5, 0.6) is 0 Å². The minimum absolute atomic E-state index is 0.0181. The van der Waals surface area contributed by atoms with Crippen LogP contribution >= 0.6 is 0 Å². The second-order valence-corrected chi connectivity index (χ2v) is 7.54. The molecule has 2 heterocycles. The van der Waals surface area contributed by atoms with Crippen molar-refractivity contribution in [3.63, 3.8) is 0 Å². The first-order chi connectivity index (χ1) is 16.9. The van der Waals surface area contributed by atoms with Crippen molar-refractivity contribution in [3.8, 4) is 12.3 Å². The third-order valence-electron chi connectivity index (χ3n) is 5.03. The van der Waals surface area contributed by atoms with Gasteiger partial charge in [0.2, 0.25) is 12.4 Å². The Balaban J connectivity index is 1.70. The number of amides is 2. The van der Waals surface area contributed by atoms with Crippen LogP contribution in [0.2, 0.25) is 0 Å². The highest BCUT2D eigenvalue weighted by atomic mass is 16.2. The fraction of sp³-hybridized carbons (Fsp3) is 0.261. The highest BCUT2D eigenvalue weighted by molar-refractivity contribution is 5.96. The molecule has 3 rings (SSSR count). The van der Waals surface area contributed by atoms with E-state index in [-0.39, 0.29) is 24.2 Å². The lowest BCUT2D eigenvalue weighted by Gasteiger charge is -2.22. The molecule has 0 spiro atoms. The van der Waals surface area contributed by atoms with Gasteiger partial charge in [-0.1, -0.05) is 5.92 Å². The molecular weight excluding hydrogens is 450 g/mol. The molecule has 2 aromatic heterocycles. The number of nitrogens with zero attached hydrogens (tertiary/aromatic N) is 5. The van der Waals surface area contributed by atoms with E-state index < -0.39 is 6.04 Å². The fourth-order valence-electron chi connectivity index (χ4n) is 3.34. The van der Waals surface area contributed by atoms with Crippen LogP contribution in [-0.4, -0.2) is 57.7 Å². The van der Waals surface area contributed by atoms with Crippen molar-refractivity contribution in [1.82, 2.24) is 30.6 Å². The summed E-state index contributed by atoms with van der Waals surface area (Å²) < 4.78 is 0. The molecule has 1 atom stereocenters. The first-order valence-electron chi connectivity index (χ1n) is 10.7. The monoisotopic (exact) mass is 475 g/mol. The smallest absolute Gasteiger partial charge is 0.251 e. The Bertz CT molecular complexity index is 1240. The molecule has 0 aliphatic heterocycles. The first kappa shape index (κ1) is 24.8. The number of anilines is 3. The molecule has 3 aromatic rings. The number of hydrogen-bond acceptors (Lipinski definition) is 10. The van der Waals surface area contributed by atoms with Crippen molar-refractivity contribution >= 4 is 47.2 Å². The summed E-state index contributed by atoms with van der Waals surface area (Å²) in [5.74, 6) is 2.38. The zero-order valence-electron chi connectivity index (χ0n) is 18.8. The molecule has 1 aromatic carbocycles. The summed E-state index contributed by atoms with van der Waals surface area (Å²) in [6, 6.07) is 6.15. The van der Waals surface area contributed by atoms with E-state index in [1.807, 2.05) is 4.90 Å². The molecular formula is C23H25N9O3. The van der Waals surface area contributed by atoms with E-state index in [9.17, 15) is 14.4 Å². The second-order valence-electron chi connectivity index (χ2n) is 7.54. The average molecular weight is 476 g/mol. The van der Waals surface area contributed by atoms with Crippen LogP contribution in [0.15, 0.2) is 30.5 Å². The molecule has 6 N–H and O–H groups in total. The Morgan fingerprint density at radius 2 is 1.94 bits per heavy atom. The number of aldehydes is 1. The van der Waals surface area contributed by atoms with Crippen LogP contribution in [0.3, 0.4) is 0 Å². The van der Waals surface area contributed by atoms with Gasteiger partial charge in [-0.15, -0.1) is 6.42 Å². The molecule has 0 bridgehead atoms. The van der Waals surface area contributed by atoms with Gasteiger partial charge in [0.05, 0.1) is 31.0 Å². The Morgan fingerprint density at radius 3 is 2.63 bits per heavy atom. The molecule has 1 unspecified atom stereocenters. The van der Waals surface area contributed by atoms with E-state index in [1.54, 1.807) is 30.5 Å². The summed E-state index contributed by atoms with van der Waals surface area (Å²) >= 11 is 0. The largest absolute Gasteiger partial charge is 0.382 e. The number of carbonyl (C=O) groups excluding carboxylic acids is 3. The Morgan fingerprint density at radius 1 is 1.17 bits per heavy atom. The van der Waals surface area contributed by atoms with E-state index in [0.29, 0.717) is 61.0 Å². The van der Waals surface area contributed by atoms with E-state index in [2.05, 4.69) is 36.5 Å². The molecule has 0 aliphatic carbocycles. The van der Waals surface area contributed by atoms with E-state index in [0.717, 1.165) is 5.69 Å². The van der Waals surface area contributed by atoms with Crippen molar-refractivity contribution in [2.75, 3.05) is 29.5 Å². The summed E-state index contributed by atoms with van der Waals surface area (Å²) in [4.78, 5) is 52.7. The van der Waals surface area contributed by atoms with E-state index in [4.69, 9.17) is 17.9 Å². The van der Waals surface area contributed by atoms with Crippen LogP contribution in [0.25, 0.3) is 11.2 Å². The van der Waals surface area contributed by atoms with E-state index >= 15 is 0 Å². The van der Waals surface area contributed by atoms with Crippen LogP contribution in [-0.2, 0) is 16.1 Å². The van der Waals surface area contributed by atoms with E-state index in [1.165, 1.54) is 0 Å². The predicted octanol–water partition coefficient (Wildman–Crippen LogP) is 0.0475. The van der Waals surface area contributed by atoms with Crippen molar-refractivity contribution in [1.29, 1.82) is 0 Å². The first-order valence-corrected chi connectivity index (χ1v) is 10.7. The maximum Gasteiger partial charge on any atom is 0.251 e. The minimum Gasteiger partial charge on any atom is -0.382 e. The standard InChI is InChI=1S/C23H25N9O3/c1-2-10-32(12-17-11-27-21-19(28-17)20(24)30-23(25)31-21)18-7-5-15(6-8-18)22(35)29-16(13-33)4-3-9-26-14-34/h1,5-8,11,13-14,16H,3-4,9-10,12H2,(H,26,34)(H,29,35)(H4,24,25,27,30,31). The van der Waals surface area contributed by atoms with Gasteiger partial charge in [0.1, 0.15) is 6.29 Å². The van der Waals surface area contributed by atoms with Crippen molar-refractivity contribution in [3.05, 3.63) is 41.7 Å². The van der Waals surface area contributed by atoms with Gasteiger partial charge < -0.3 is 31.8 Å². The van der Waals surface area contributed by atoms with Gasteiger partial charge in [0.25, 0.3) is 5.91 Å². The number of rotatable bonds is 12. The maximum absolute atomic E-state index is 12.5. The number of nitrogen functional groups attached to an aromatic ring is 2. The number of hydrogen-bond donors (Lipinski definition) is 4. The quantitative estimate of drug-likeness (QED) is 0.159. The van der Waals surface area contributed by atoms with Gasteiger partial charge in [0, 0.05) is 17.8 Å². The van der Waals surface area contributed by atoms with Crippen molar-refractivity contribution < 1.29 is 14.4 Å². The fourth-order valence-corrected chi connectivity index (χ4v) is 3.34. The van der Waals surface area contributed by atoms with Gasteiger partial charge in [-0.25, -0.2) is 9.97 Å². The number of nitrogens with two attached hydrogens (primary N) is 2. The summed E-state index contributed by atoms with van der Waals surface area (Å²) in [5, 5.41) is 5.20. The number of benzene rings is 1. The predicted molar refractivity (Wildman–Crippen MR) is 131 cm³/mol. The second kappa shape index (κ2) is 11.9. The molecule has 35 heavy (non-hydrogen) atoms. The number of aromatic nitrogens is 4. The summed E-state index contributed by atoms with van der Waals surface area (Å²) in [6.45, 7) is 1.03. The van der Waals surface area contributed by atoms with Gasteiger partial charge >= 0.3 is 0 Å². The van der Waals surface area contributed by atoms with Crippen LogP contribution in [0.1, 0.15) is 28.9 Å². The van der Waals surface area contributed by atoms with Crippen molar-refractivity contribution in [2.45, 2.75) is 25.4 Å². The molecule has 0 saturated carbocycles. The normalized spacial score (nSPS) is 11.3. The molecule has 0 radical (unpaired) electrons. The zero-order valence-corrected chi connectivity index (χ0v) is 18.8. The van der Waals surface area contributed by atoms with Crippen LogP contribution in [0.4, 0.5) is 17.5 Å². The van der Waals surface area contributed by atoms with Gasteiger partial charge in [-0.3, -0.25) is 9.59 Å².